The maximum absolute atomic E-state index is 13.0. The Hall–Kier alpha value is -3.03. The number of halogens is 3. The highest BCUT2D eigenvalue weighted by Gasteiger charge is 2.30. The standard InChI is InChI=1S/C20H19F3N2O3/c21-14-7-9-15(10-8-14)24-18(26)13-4-3-11-25(12-13)19(27)16-5-1-2-6-17(16)28-20(22)23/h1-2,5-10,13,20H,3-4,11-12H2,(H,24,26). The van der Waals surface area contributed by atoms with Gasteiger partial charge in [-0.2, -0.15) is 8.78 Å². The van der Waals surface area contributed by atoms with Crippen molar-refractivity contribution in [2.45, 2.75) is 19.5 Å². The minimum absolute atomic E-state index is 0.0300. The van der Waals surface area contributed by atoms with Gasteiger partial charge in [0.1, 0.15) is 11.6 Å². The molecule has 148 valence electrons. The SMILES string of the molecule is O=C(Nc1ccc(F)cc1)C1CCCN(C(=O)c2ccccc2OC(F)F)C1. The third-order valence-corrected chi connectivity index (χ3v) is 4.52. The quantitative estimate of drug-likeness (QED) is 0.839. The fourth-order valence-corrected chi connectivity index (χ4v) is 3.17. The molecule has 0 aliphatic carbocycles. The van der Waals surface area contributed by atoms with E-state index < -0.39 is 24.3 Å². The summed E-state index contributed by atoms with van der Waals surface area (Å²) in [6.07, 6.45) is 1.19. The van der Waals surface area contributed by atoms with Gasteiger partial charge in [-0.1, -0.05) is 12.1 Å². The largest absolute Gasteiger partial charge is 0.434 e. The highest BCUT2D eigenvalue weighted by molar-refractivity contribution is 5.98. The van der Waals surface area contributed by atoms with Crippen LogP contribution >= 0.6 is 0 Å². The van der Waals surface area contributed by atoms with Gasteiger partial charge in [0.05, 0.1) is 11.5 Å². The summed E-state index contributed by atoms with van der Waals surface area (Å²) in [7, 11) is 0. The highest BCUT2D eigenvalue weighted by Crippen LogP contribution is 2.25. The zero-order valence-corrected chi connectivity index (χ0v) is 14.9. The number of anilines is 1. The van der Waals surface area contributed by atoms with Gasteiger partial charge in [-0.15, -0.1) is 0 Å². The van der Waals surface area contributed by atoms with Gasteiger partial charge >= 0.3 is 6.61 Å². The van der Waals surface area contributed by atoms with Crippen LogP contribution in [-0.4, -0.2) is 36.4 Å². The number of hydrogen-bond acceptors (Lipinski definition) is 3. The number of amides is 2. The first kappa shape index (κ1) is 19.7. The van der Waals surface area contributed by atoms with Gasteiger partial charge in [-0.25, -0.2) is 4.39 Å². The van der Waals surface area contributed by atoms with Crippen LogP contribution in [0.4, 0.5) is 18.9 Å². The molecule has 0 spiro atoms. The summed E-state index contributed by atoms with van der Waals surface area (Å²) in [5.41, 5.74) is 0.493. The van der Waals surface area contributed by atoms with E-state index in [1.165, 1.54) is 47.4 Å². The number of likely N-dealkylation sites (tertiary alicyclic amines) is 1. The van der Waals surface area contributed by atoms with Crippen LogP contribution in [-0.2, 0) is 4.79 Å². The molecule has 1 unspecified atom stereocenters. The number of carbonyl (C=O) groups excluding carboxylic acids is 2. The molecule has 8 heteroatoms. The summed E-state index contributed by atoms with van der Waals surface area (Å²) >= 11 is 0. The molecule has 2 amide bonds. The van der Waals surface area contributed by atoms with E-state index in [1.54, 1.807) is 6.07 Å². The van der Waals surface area contributed by atoms with Crippen LogP contribution in [0.1, 0.15) is 23.2 Å². The van der Waals surface area contributed by atoms with Crippen molar-refractivity contribution >= 4 is 17.5 Å². The van der Waals surface area contributed by atoms with Gasteiger partial charge in [0.2, 0.25) is 5.91 Å². The number of piperidine rings is 1. The molecule has 3 rings (SSSR count). The number of nitrogens with zero attached hydrogens (tertiary/aromatic N) is 1. The highest BCUT2D eigenvalue weighted by atomic mass is 19.3. The zero-order valence-electron chi connectivity index (χ0n) is 14.9. The molecule has 0 bridgehead atoms. The van der Waals surface area contributed by atoms with E-state index in [0.717, 1.165) is 0 Å². The maximum Gasteiger partial charge on any atom is 0.387 e. The summed E-state index contributed by atoms with van der Waals surface area (Å²) in [4.78, 5) is 26.8. The van der Waals surface area contributed by atoms with E-state index in [2.05, 4.69) is 10.1 Å². The summed E-state index contributed by atoms with van der Waals surface area (Å²) < 4.78 is 42.6. The van der Waals surface area contributed by atoms with Crippen molar-refractivity contribution in [2.75, 3.05) is 18.4 Å². The van der Waals surface area contributed by atoms with Crippen LogP contribution in [0.3, 0.4) is 0 Å². The Morgan fingerprint density at radius 1 is 1.11 bits per heavy atom. The Morgan fingerprint density at radius 3 is 2.54 bits per heavy atom. The Bertz CT molecular complexity index is 843. The molecule has 2 aromatic rings. The lowest BCUT2D eigenvalue weighted by molar-refractivity contribution is -0.121. The molecule has 1 N–H and O–H groups in total. The van der Waals surface area contributed by atoms with E-state index >= 15 is 0 Å². The van der Waals surface area contributed by atoms with Crippen LogP contribution in [0.2, 0.25) is 0 Å². The van der Waals surface area contributed by atoms with E-state index in [9.17, 15) is 22.8 Å². The average molecular weight is 392 g/mol. The van der Waals surface area contributed by atoms with Crippen molar-refractivity contribution in [3.8, 4) is 5.75 Å². The van der Waals surface area contributed by atoms with Crippen molar-refractivity contribution < 1.29 is 27.5 Å². The predicted molar refractivity (Wildman–Crippen MR) is 96.7 cm³/mol. The maximum atomic E-state index is 13.0. The zero-order chi connectivity index (χ0) is 20.1. The van der Waals surface area contributed by atoms with Crippen LogP contribution in [0.15, 0.2) is 48.5 Å². The third-order valence-electron chi connectivity index (χ3n) is 4.52. The smallest absolute Gasteiger partial charge is 0.387 e. The van der Waals surface area contributed by atoms with Gasteiger partial charge in [0.15, 0.2) is 0 Å². The topological polar surface area (TPSA) is 58.6 Å². The molecule has 0 saturated carbocycles. The van der Waals surface area contributed by atoms with Crippen LogP contribution < -0.4 is 10.1 Å². The molecule has 2 aromatic carbocycles. The molecule has 0 radical (unpaired) electrons. The fourth-order valence-electron chi connectivity index (χ4n) is 3.17. The number of hydrogen-bond donors (Lipinski definition) is 1. The first-order valence-corrected chi connectivity index (χ1v) is 8.83. The average Bonchev–Trinajstić information content (AvgIpc) is 2.69. The van der Waals surface area contributed by atoms with Crippen molar-refractivity contribution in [2.24, 2.45) is 5.92 Å². The van der Waals surface area contributed by atoms with Crippen LogP contribution in [0.5, 0.6) is 5.75 Å². The minimum atomic E-state index is -3.04. The number of para-hydroxylation sites is 1. The van der Waals surface area contributed by atoms with Crippen LogP contribution in [0.25, 0.3) is 0 Å². The van der Waals surface area contributed by atoms with E-state index in [1.807, 2.05) is 0 Å². The molecule has 1 aliphatic rings. The predicted octanol–water partition coefficient (Wildman–Crippen LogP) is 3.92. The van der Waals surface area contributed by atoms with E-state index in [0.29, 0.717) is 25.1 Å². The van der Waals surface area contributed by atoms with Gasteiger partial charge in [-0.05, 0) is 49.2 Å². The Balaban J connectivity index is 1.68. The summed E-state index contributed by atoms with van der Waals surface area (Å²) in [5, 5.41) is 2.71. The van der Waals surface area contributed by atoms with Crippen molar-refractivity contribution in [3.63, 3.8) is 0 Å². The van der Waals surface area contributed by atoms with Gasteiger partial charge in [0, 0.05) is 18.8 Å². The number of carbonyl (C=O) groups is 2. The lowest BCUT2D eigenvalue weighted by atomic mass is 9.96. The molecule has 5 nitrogen and oxygen atoms in total. The number of alkyl halides is 2. The Morgan fingerprint density at radius 2 is 1.82 bits per heavy atom. The van der Waals surface area contributed by atoms with E-state index in [4.69, 9.17) is 0 Å². The normalized spacial score (nSPS) is 16.7. The molecule has 28 heavy (non-hydrogen) atoms. The summed E-state index contributed by atoms with van der Waals surface area (Å²) in [6.45, 7) is -2.46. The van der Waals surface area contributed by atoms with Crippen LogP contribution in [0, 0.1) is 11.7 Å². The van der Waals surface area contributed by atoms with E-state index in [-0.39, 0.29) is 23.8 Å². The molecular weight excluding hydrogens is 373 g/mol. The summed E-state index contributed by atoms with van der Waals surface area (Å²) in [5.74, 6) is -1.79. The number of benzene rings is 2. The Kier molecular flexibility index (Phi) is 6.18. The molecule has 1 aliphatic heterocycles. The lowest BCUT2D eigenvalue weighted by Crippen LogP contribution is -2.43. The Labute approximate surface area is 160 Å². The first-order chi connectivity index (χ1) is 13.4. The van der Waals surface area contributed by atoms with Crippen molar-refractivity contribution in [1.29, 1.82) is 0 Å². The second-order valence-electron chi connectivity index (χ2n) is 6.46. The minimum Gasteiger partial charge on any atom is -0.434 e. The molecule has 0 aromatic heterocycles. The number of rotatable bonds is 5. The lowest BCUT2D eigenvalue weighted by Gasteiger charge is -2.32. The molecule has 1 heterocycles. The second kappa shape index (κ2) is 8.77. The third kappa shape index (κ3) is 4.82. The monoisotopic (exact) mass is 392 g/mol. The fraction of sp³-hybridized carbons (Fsp3) is 0.300. The molecule has 1 fully saturated rings. The first-order valence-electron chi connectivity index (χ1n) is 8.83. The van der Waals surface area contributed by atoms with Gasteiger partial charge < -0.3 is 15.0 Å². The molecular formula is C20H19F3N2O3. The molecule has 1 atom stereocenters. The second-order valence-corrected chi connectivity index (χ2v) is 6.46. The number of nitrogens with one attached hydrogen (secondary N) is 1. The number of ether oxygens (including phenoxy) is 1. The molecule has 1 saturated heterocycles. The van der Waals surface area contributed by atoms with Gasteiger partial charge in [0.25, 0.3) is 5.91 Å². The van der Waals surface area contributed by atoms with Crippen molar-refractivity contribution in [1.82, 2.24) is 4.90 Å². The van der Waals surface area contributed by atoms with Crippen molar-refractivity contribution in [3.05, 3.63) is 59.9 Å². The summed E-state index contributed by atoms with van der Waals surface area (Å²) in [6, 6.07) is 11.2. The van der Waals surface area contributed by atoms with Gasteiger partial charge in [-0.3, -0.25) is 9.59 Å².